The van der Waals surface area contributed by atoms with Crippen molar-refractivity contribution in [2.45, 2.75) is 13.3 Å². The smallest absolute Gasteiger partial charge is 0.132 e. The Morgan fingerprint density at radius 3 is 2.72 bits per heavy atom. The van der Waals surface area contributed by atoms with Crippen LogP contribution < -0.4 is 10.1 Å². The van der Waals surface area contributed by atoms with Crippen LogP contribution in [-0.4, -0.2) is 21.7 Å². The van der Waals surface area contributed by atoms with E-state index >= 15 is 0 Å². The number of H-pyrrole nitrogens is 1. The summed E-state index contributed by atoms with van der Waals surface area (Å²) in [5.74, 6) is 0.793. The van der Waals surface area contributed by atoms with Crippen molar-refractivity contribution in [3.05, 3.63) is 72.8 Å². The number of phenols is 1. The number of anilines is 1. The molecule has 0 spiro atoms. The average Bonchev–Trinajstić information content (AvgIpc) is 3.10. The van der Waals surface area contributed by atoms with Crippen LogP contribution in [0.4, 0.5) is 5.69 Å². The lowest BCUT2D eigenvalue weighted by molar-refractivity contribution is 0.321. The van der Waals surface area contributed by atoms with E-state index in [1.807, 2.05) is 25.1 Å². The Hall–Kier alpha value is -3.21. The number of phenolic OH excluding ortho intramolecular Hbond substituents is 1. The molecule has 0 bridgehead atoms. The number of nitrogens with one attached hydrogen (secondary N) is 2. The van der Waals surface area contributed by atoms with Gasteiger partial charge in [0.15, 0.2) is 0 Å². The highest BCUT2D eigenvalue weighted by molar-refractivity contribution is 5.73. The van der Waals surface area contributed by atoms with Crippen LogP contribution in [0.3, 0.4) is 0 Å². The summed E-state index contributed by atoms with van der Waals surface area (Å²) in [5.41, 5.74) is 4.46. The maximum absolute atomic E-state index is 10.1. The van der Waals surface area contributed by atoms with E-state index in [1.54, 1.807) is 24.7 Å². The van der Waals surface area contributed by atoms with Gasteiger partial charge < -0.3 is 20.1 Å². The number of nitrogens with zero attached hydrogens (tertiary/aromatic N) is 1. The molecule has 0 radical (unpaired) electrons. The van der Waals surface area contributed by atoms with Crippen LogP contribution in [0.5, 0.6) is 11.5 Å². The van der Waals surface area contributed by atoms with Gasteiger partial charge in [-0.15, -0.1) is 0 Å². The first-order valence-electron chi connectivity index (χ1n) is 8.08. The Morgan fingerprint density at radius 1 is 1.24 bits per heavy atom. The molecular weight excluding hydrogens is 314 g/mol. The van der Waals surface area contributed by atoms with Crippen LogP contribution in [0.1, 0.15) is 12.5 Å². The standard InChI is InChI=1S/C20H21N3O2/c1-14(2)23-16-8-6-15(7-9-16)10-11-25-19-5-3-4-18(24)20(19)17-12-21-13-22-17/h3-9,12-13,23-24H,1,10-11H2,2H3,(H,21,22). The van der Waals surface area contributed by atoms with Gasteiger partial charge in [0.2, 0.25) is 0 Å². The molecule has 0 unspecified atom stereocenters. The molecule has 3 aromatic rings. The van der Waals surface area contributed by atoms with Gasteiger partial charge in [-0.1, -0.05) is 24.8 Å². The fourth-order valence-corrected chi connectivity index (χ4v) is 2.58. The SMILES string of the molecule is C=C(C)Nc1ccc(CCOc2cccc(O)c2-c2cnc[nH]2)cc1. The summed E-state index contributed by atoms with van der Waals surface area (Å²) in [5, 5.41) is 13.3. The molecule has 0 amide bonds. The molecule has 5 heteroatoms. The van der Waals surface area contributed by atoms with E-state index in [4.69, 9.17) is 4.74 Å². The summed E-state index contributed by atoms with van der Waals surface area (Å²) in [7, 11) is 0. The normalized spacial score (nSPS) is 10.4. The van der Waals surface area contributed by atoms with E-state index in [1.165, 1.54) is 5.56 Å². The maximum Gasteiger partial charge on any atom is 0.132 e. The van der Waals surface area contributed by atoms with Gasteiger partial charge in [-0.05, 0) is 36.8 Å². The van der Waals surface area contributed by atoms with Gasteiger partial charge in [0, 0.05) is 17.8 Å². The second-order valence-electron chi connectivity index (χ2n) is 5.82. The summed E-state index contributed by atoms with van der Waals surface area (Å²) >= 11 is 0. The minimum Gasteiger partial charge on any atom is -0.507 e. The van der Waals surface area contributed by atoms with Crippen molar-refractivity contribution in [1.82, 2.24) is 9.97 Å². The third kappa shape index (κ3) is 4.20. The second kappa shape index (κ2) is 7.57. The number of hydrogen-bond donors (Lipinski definition) is 3. The molecule has 0 saturated carbocycles. The average molecular weight is 335 g/mol. The minimum absolute atomic E-state index is 0.164. The molecule has 128 valence electrons. The largest absolute Gasteiger partial charge is 0.507 e. The predicted molar refractivity (Wildman–Crippen MR) is 99.8 cm³/mol. The molecular formula is C20H21N3O2. The van der Waals surface area contributed by atoms with Gasteiger partial charge >= 0.3 is 0 Å². The quantitative estimate of drug-likeness (QED) is 0.600. The monoisotopic (exact) mass is 335 g/mol. The summed E-state index contributed by atoms with van der Waals surface area (Å²) in [4.78, 5) is 7.00. The van der Waals surface area contributed by atoms with Crippen molar-refractivity contribution in [1.29, 1.82) is 0 Å². The summed E-state index contributed by atoms with van der Waals surface area (Å²) in [6.07, 6.45) is 4.01. The molecule has 2 aromatic carbocycles. The van der Waals surface area contributed by atoms with E-state index in [0.29, 0.717) is 17.9 Å². The zero-order chi connectivity index (χ0) is 17.6. The number of rotatable bonds is 7. The van der Waals surface area contributed by atoms with E-state index in [9.17, 15) is 5.11 Å². The molecule has 0 saturated heterocycles. The molecule has 1 aromatic heterocycles. The molecule has 5 nitrogen and oxygen atoms in total. The van der Waals surface area contributed by atoms with E-state index in [0.717, 1.165) is 23.5 Å². The van der Waals surface area contributed by atoms with Gasteiger partial charge in [0.25, 0.3) is 0 Å². The van der Waals surface area contributed by atoms with Crippen molar-refractivity contribution in [2.75, 3.05) is 11.9 Å². The summed E-state index contributed by atoms with van der Waals surface area (Å²) < 4.78 is 5.90. The van der Waals surface area contributed by atoms with Gasteiger partial charge in [0.1, 0.15) is 11.5 Å². The highest BCUT2D eigenvalue weighted by Gasteiger charge is 2.12. The van der Waals surface area contributed by atoms with Crippen LogP contribution in [0.25, 0.3) is 11.3 Å². The summed E-state index contributed by atoms with van der Waals surface area (Å²) in [6, 6.07) is 13.4. The number of benzene rings is 2. The number of allylic oxidation sites excluding steroid dienone is 1. The Balaban J connectivity index is 1.65. The number of imidazole rings is 1. The number of aromatic amines is 1. The van der Waals surface area contributed by atoms with Gasteiger partial charge in [-0.25, -0.2) is 4.98 Å². The number of aromatic hydroxyl groups is 1. The van der Waals surface area contributed by atoms with Gasteiger partial charge in [-0.3, -0.25) is 0 Å². The number of aromatic nitrogens is 2. The van der Waals surface area contributed by atoms with Crippen molar-refractivity contribution in [3.8, 4) is 22.8 Å². The fraction of sp³-hybridized carbons (Fsp3) is 0.150. The van der Waals surface area contributed by atoms with Crippen LogP contribution in [0.2, 0.25) is 0 Å². The Bertz CT molecular complexity index is 840. The van der Waals surface area contributed by atoms with Crippen LogP contribution in [0.15, 0.2) is 67.3 Å². The molecule has 3 rings (SSSR count). The topological polar surface area (TPSA) is 70.2 Å². The highest BCUT2D eigenvalue weighted by Crippen LogP contribution is 2.36. The molecule has 0 fully saturated rings. The molecule has 0 aliphatic rings. The highest BCUT2D eigenvalue weighted by atomic mass is 16.5. The van der Waals surface area contributed by atoms with Crippen molar-refractivity contribution < 1.29 is 9.84 Å². The zero-order valence-electron chi connectivity index (χ0n) is 14.1. The zero-order valence-corrected chi connectivity index (χ0v) is 14.1. The molecule has 25 heavy (non-hydrogen) atoms. The van der Waals surface area contributed by atoms with E-state index in [2.05, 4.69) is 34.0 Å². The van der Waals surface area contributed by atoms with Crippen LogP contribution in [-0.2, 0) is 6.42 Å². The van der Waals surface area contributed by atoms with Crippen molar-refractivity contribution in [2.24, 2.45) is 0 Å². The number of hydrogen-bond acceptors (Lipinski definition) is 4. The molecule has 3 N–H and O–H groups in total. The van der Waals surface area contributed by atoms with Crippen LogP contribution >= 0.6 is 0 Å². The fourth-order valence-electron chi connectivity index (χ4n) is 2.58. The van der Waals surface area contributed by atoms with Gasteiger partial charge in [-0.2, -0.15) is 0 Å². The third-order valence-corrected chi connectivity index (χ3v) is 3.73. The molecule has 0 atom stereocenters. The maximum atomic E-state index is 10.1. The summed E-state index contributed by atoms with van der Waals surface area (Å²) in [6.45, 7) is 6.27. The Morgan fingerprint density at radius 2 is 2.04 bits per heavy atom. The van der Waals surface area contributed by atoms with E-state index in [-0.39, 0.29) is 5.75 Å². The second-order valence-corrected chi connectivity index (χ2v) is 5.82. The lowest BCUT2D eigenvalue weighted by atomic mass is 10.1. The predicted octanol–water partition coefficient (Wildman–Crippen LogP) is 4.35. The minimum atomic E-state index is 0.164. The third-order valence-electron chi connectivity index (χ3n) is 3.73. The van der Waals surface area contributed by atoms with E-state index < -0.39 is 0 Å². The first-order valence-corrected chi connectivity index (χ1v) is 8.08. The molecule has 1 heterocycles. The molecule has 0 aliphatic heterocycles. The Labute approximate surface area is 147 Å². The Kier molecular flexibility index (Phi) is 5.04. The van der Waals surface area contributed by atoms with Gasteiger partial charge in [0.05, 0.1) is 30.4 Å². The van der Waals surface area contributed by atoms with Crippen LogP contribution in [0, 0.1) is 0 Å². The first-order chi connectivity index (χ1) is 12.1. The molecule has 0 aliphatic carbocycles. The van der Waals surface area contributed by atoms with Crippen molar-refractivity contribution >= 4 is 5.69 Å². The lowest BCUT2D eigenvalue weighted by Crippen LogP contribution is -2.03. The van der Waals surface area contributed by atoms with Crippen molar-refractivity contribution in [3.63, 3.8) is 0 Å². The number of ether oxygens (including phenoxy) is 1. The first kappa shape index (κ1) is 16.6. The lowest BCUT2D eigenvalue weighted by Gasteiger charge is -2.12.